The Morgan fingerprint density at radius 1 is 0.900 bits per heavy atom. The fourth-order valence-electron chi connectivity index (χ4n) is 4.99. The average molecular weight is 539 g/mol. The van der Waals surface area contributed by atoms with Crippen LogP contribution in [-0.2, 0) is 27.4 Å². The molecule has 0 saturated carbocycles. The highest BCUT2D eigenvalue weighted by Gasteiger charge is 2.30. The van der Waals surface area contributed by atoms with Gasteiger partial charge in [-0.1, -0.05) is 78.9 Å². The van der Waals surface area contributed by atoms with E-state index < -0.39 is 24.0 Å². The predicted molar refractivity (Wildman–Crippen MR) is 148 cm³/mol. The number of carboxylic acids is 1. The first-order valence-electron chi connectivity index (χ1n) is 13.1. The summed E-state index contributed by atoms with van der Waals surface area (Å²) in [6, 6.07) is 24.8. The summed E-state index contributed by atoms with van der Waals surface area (Å²) in [5.74, 6) is -1.68. The number of hydrogen-bond acceptors (Lipinski definition) is 5. The molecular weight excluding hydrogens is 508 g/mol. The number of hydrogen-bond donors (Lipinski definition) is 3. The quantitative estimate of drug-likeness (QED) is 0.261. The molecule has 1 unspecified atom stereocenters. The van der Waals surface area contributed by atoms with Gasteiger partial charge in [-0.25, -0.2) is 4.79 Å². The molecule has 1 aromatic heterocycles. The number of benzene rings is 3. The molecular formula is C31H30N4O5. The number of carbonyl (C=O) groups is 3. The first kappa shape index (κ1) is 26.7. The van der Waals surface area contributed by atoms with Gasteiger partial charge >= 0.3 is 12.1 Å². The number of ether oxygens (including phenoxy) is 1. The van der Waals surface area contributed by atoms with Crippen molar-refractivity contribution in [2.45, 2.75) is 37.9 Å². The molecule has 0 aliphatic heterocycles. The van der Waals surface area contributed by atoms with Gasteiger partial charge in [0.25, 0.3) is 0 Å². The molecule has 5 rings (SSSR count). The maximum absolute atomic E-state index is 12.9. The SMILES string of the molecule is O=C(O)CCC(NC(=O)OCC1c2ccccc2-c2ccccc21)C(=O)NCc1cnn(Cc2ccccc2)c1. The monoisotopic (exact) mass is 538 g/mol. The van der Waals surface area contributed by atoms with Gasteiger partial charge in [0.2, 0.25) is 5.91 Å². The van der Waals surface area contributed by atoms with Crippen LogP contribution >= 0.6 is 0 Å². The van der Waals surface area contributed by atoms with Crippen molar-refractivity contribution >= 4 is 18.0 Å². The van der Waals surface area contributed by atoms with Crippen molar-refractivity contribution in [3.05, 3.63) is 114 Å². The highest BCUT2D eigenvalue weighted by Crippen LogP contribution is 2.44. The molecule has 204 valence electrons. The van der Waals surface area contributed by atoms with Gasteiger partial charge in [-0.3, -0.25) is 14.3 Å². The van der Waals surface area contributed by atoms with E-state index in [2.05, 4.69) is 15.7 Å². The molecule has 3 aromatic carbocycles. The summed E-state index contributed by atoms with van der Waals surface area (Å²) >= 11 is 0. The number of nitrogens with zero attached hydrogens (tertiary/aromatic N) is 2. The summed E-state index contributed by atoms with van der Waals surface area (Å²) in [7, 11) is 0. The van der Waals surface area contributed by atoms with E-state index in [4.69, 9.17) is 9.84 Å². The van der Waals surface area contributed by atoms with Gasteiger partial charge in [0.1, 0.15) is 12.6 Å². The summed E-state index contributed by atoms with van der Waals surface area (Å²) in [5.41, 5.74) is 6.24. The van der Waals surface area contributed by atoms with Crippen molar-refractivity contribution in [2.75, 3.05) is 6.61 Å². The predicted octanol–water partition coefficient (Wildman–Crippen LogP) is 4.32. The Morgan fingerprint density at radius 3 is 2.23 bits per heavy atom. The van der Waals surface area contributed by atoms with Crippen LogP contribution in [0.1, 0.15) is 41.0 Å². The minimum atomic E-state index is -1.06. The largest absolute Gasteiger partial charge is 0.481 e. The van der Waals surface area contributed by atoms with Crippen molar-refractivity contribution in [2.24, 2.45) is 0 Å². The maximum Gasteiger partial charge on any atom is 0.407 e. The highest BCUT2D eigenvalue weighted by atomic mass is 16.5. The number of alkyl carbamates (subject to hydrolysis) is 1. The highest BCUT2D eigenvalue weighted by molar-refractivity contribution is 5.86. The first-order valence-corrected chi connectivity index (χ1v) is 13.1. The summed E-state index contributed by atoms with van der Waals surface area (Å²) in [5, 5.41) is 18.8. The zero-order chi connectivity index (χ0) is 27.9. The maximum atomic E-state index is 12.9. The minimum Gasteiger partial charge on any atom is -0.481 e. The average Bonchev–Trinajstić information content (AvgIpc) is 3.55. The van der Waals surface area contributed by atoms with Gasteiger partial charge in [0, 0.05) is 30.6 Å². The van der Waals surface area contributed by atoms with Crippen molar-refractivity contribution in [3.8, 4) is 11.1 Å². The molecule has 0 spiro atoms. The van der Waals surface area contributed by atoms with Crippen molar-refractivity contribution < 1.29 is 24.2 Å². The second kappa shape index (κ2) is 12.3. The van der Waals surface area contributed by atoms with E-state index in [-0.39, 0.29) is 31.9 Å². The zero-order valence-corrected chi connectivity index (χ0v) is 21.8. The fourth-order valence-corrected chi connectivity index (χ4v) is 4.99. The number of fused-ring (bicyclic) bond motifs is 3. The summed E-state index contributed by atoms with van der Waals surface area (Å²) in [4.78, 5) is 36.9. The number of rotatable bonds is 11. The molecule has 0 saturated heterocycles. The normalized spacial score (nSPS) is 12.7. The van der Waals surface area contributed by atoms with Crippen LogP contribution in [0.5, 0.6) is 0 Å². The Bertz CT molecular complexity index is 1450. The summed E-state index contributed by atoms with van der Waals surface area (Å²) in [6.07, 6.45) is 2.37. The molecule has 2 amide bonds. The lowest BCUT2D eigenvalue weighted by molar-refractivity contribution is -0.137. The molecule has 9 heteroatoms. The minimum absolute atomic E-state index is 0.0708. The molecule has 0 fully saturated rings. The third-order valence-electron chi connectivity index (χ3n) is 6.94. The van der Waals surface area contributed by atoms with Crippen molar-refractivity contribution in [1.82, 2.24) is 20.4 Å². The zero-order valence-electron chi connectivity index (χ0n) is 21.8. The van der Waals surface area contributed by atoms with E-state index in [1.165, 1.54) is 0 Å². The van der Waals surface area contributed by atoms with Crippen LogP contribution in [0.25, 0.3) is 11.1 Å². The summed E-state index contributed by atoms with van der Waals surface area (Å²) in [6.45, 7) is 0.872. The van der Waals surface area contributed by atoms with Crippen LogP contribution in [0.4, 0.5) is 4.79 Å². The Hall–Kier alpha value is -4.92. The van der Waals surface area contributed by atoms with Gasteiger partial charge in [-0.15, -0.1) is 0 Å². The topological polar surface area (TPSA) is 123 Å². The van der Waals surface area contributed by atoms with E-state index in [1.54, 1.807) is 10.9 Å². The van der Waals surface area contributed by atoms with E-state index in [0.29, 0.717) is 6.54 Å². The molecule has 40 heavy (non-hydrogen) atoms. The molecule has 9 nitrogen and oxygen atoms in total. The lowest BCUT2D eigenvalue weighted by Gasteiger charge is -2.19. The van der Waals surface area contributed by atoms with Crippen molar-refractivity contribution in [1.29, 1.82) is 0 Å². The summed E-state index contributed by atoms with van der Waals surface area (Å²) < 4.78 is 7.33. The third kappa shape index (κ3) is 6.37. The van der Waals surface area contributed by atoms with E-state index >= 15 is 0 Å². The molecule has 4 aromatic rings. The van der Waals surface area contributed by atoms with Crippen LogP contribution in [0.3, 0.4) is 0 Å². The van der Waals surface area contributed by atoms with Crippen LogP contribution in [0, 0.1) is 0 Å². The number of carboxylic acid groups (broad SMARTS) is 1. The van der Waals surface area contributed by atoms with Crippen LogP contribution in [0.2, 0.25) is 0 Å². The first-order chi connectivity index (χ1) is 19.5. The van der Waals surface area contributed by atoms with E-state index in [1.807, 2.05) is 85.1 Å². The number of aromatic nitrogens is 2. The van der Waals surface area contributed by atoms with Crippen molar-refractivity contribution in [3.63, 3.8) is 0 Å². The molecule has 3 N–H and O–H groups in total. The number of nitrogens with one attached hydrogen (secondary N) is 2. The molecule has 1 heterocycles. The van der Waals surface area contributed by atoms with Gasteiger partial charge in [-0.2, -0.15) is 5.10 Å². The lowest BCUT2D eigenvalue weighted by atomic mass is 9.98. The molecule has 0 bridgehead atoms. The lowest BCUT2D eigenvalue weighted by Crippen LogP contribution is -2.47. The Labute approximate surface area is 231 Å². The molecule has 1 atom stereocenters. The second-order valence-electron chi connectivity index (χ2n) is 9.70. The molecule has 1 aliphatic rings. The van der Waals surface area contributed by atoms with E-state index in [0.717, 1.165) is 33.4 Å². The fraction of sp³-hybridized carbons (Fsp3) is 0.226. The standard InChI is InChI=1S/C31H30N4O5/c36-29(37)15-14-28(30(38)32-16-22-17-33-35(19-22)18-21-8-2-1-3-9-21)34-31(39)40-20-27-25-12-6-4-10-23(25)24-11-5-7-13-26(24)27/h1-13,17,19,27-28H,14-16,18,20H2,(H,32,38)(H,34,39)(H,36,37). The van der Waals surface area contributed by atoms with Gasteiger partial charge < -0.3 is 20.5 Å². The molecule has 0 radical (unpaired) electrons. The smallest absolute Gasteiger partial charge is 0.407 e. The van der Waals surface area contributed by atoms with Gasteiger partial charge in [0.05, 0.1) is 12.7 Å². The van der Waals surface area contributed by atoms with Gasteiger partial charge in [0.15, 0.2) is 0 Å². The van der Waals surface area contributed by atoms with Crippen LogP contribution in [-0.4, -0.2) is 45.5 Å². The Balaban J connectivity index is 1.18. The molecule has 1 aliphatic carbocycles. The Kier molecular flexibility index (Phi) is 8.20. The number of amides is 2. The number of carbonyl (C=O) groups excluding carboxylic acids is 2. The number of aliphatic carboxylic acids is 1. The second-order valence-corrected chi connectivity index (χ2v) is 9.70. The van der Waals surface area contributed by atoms with Gasteiger partial charge in [-0.05, 0) is 34.2 Å². The van der Waals surface area contributed by atoms with Crippen LogP contribution in [0.15, 0.2) is 91.3 Å². The van der Waals surface area contributed by atoms with E-state index in [9.17, 15) is 14.4 Å². The Morgan fingerprint density at radius 2 is 1.55 bits per heavy atom. The van der Waals surface area contributed by atoms with Crippen LogP contribution < -0.4 is 10.6 Å². The third-order valence-corrected chi connectivity index (χ3v) is 6.94.